The monoisotopic (exact) mass is 420 g/mol. The van der Waals surface area contributed by atoms with Gasteiger partial charge in [-0.15, -0.1) is 0 Å². The number of guanidine groups is 1. The molecule has 1 fully saturated rings. The van der Waals surface area contributed by atoms with Gasteiger partial charge in [-0.3, -0.25) is 9.79 Å². The number of benzene rings is 1. The van der Waals surface area contributed by atoms with Crippen LogP contribution in [0.2, 0.25) is 0 Å². The second-order valence-corrected chi connectivity index (χ2v) is 8.16. The highest BCUT2D eigenvalue weighted by molar-refractivity contribution is 5.81. The molecule has 4 N–H and O–H groups in total. The minimum absolute atomic E-state index is 0.203. The Hall–Kier alpha value is -2.15. The molecule has 1 aliphatic carbocycles. The average molecular weight is 421 g/mol. The zero-order chi connectivity index (χ0) is 21.8. The highest BCUT2D eigenvalue weighted by Crippen LogP contribution is 2.41. The molecule has 1 saturated carbocycles. The van der Waals surface area contributed by atoms with Gasteiger partial charge < -0.3 is 21.1 Å². The second kappa shape index (κ2) is 12.5. The van der Waals surface area contributed by atoms with E-state index in [4.69, 9.17) is 15.5 Å². The van der Waals surface area contributed by atoms with Gasteiger partial charge in [0.05, 0.1) is 5.92 Å². The van der Waals surface area contributed by atoms with Crippen LogP contribution in [-0.4, -0.2) is 44.7 Å². The first kappa shape index (κ1) is 24.1. The molecule has 0 bridgehead atoms. The molecule has 30 heavy (non-hydrogen) atoms. The topological polar surface area (TPSA) is 88.7 Å². The maximum Gasteiger partial charge on any atom is 0.222 e. The number of hydrogen-bond acceptors (Lipinski definition) is 3. The van der Waals surface area contributed by atoms with Crippen molar-refractivity contribution in [1.29, 1.82) is 0 Å². The van der Waals surface area contributed by atoms with Gasteiger partial charge in [0.2, 0.25) is 5.91 Å². The summed E-state index contributed by atoms with van der Waals surface area (Å²) in [4.78, 5) is 16.8. The third-order valence-electron chi connectivity index (χ3n) is 5.88. The van der Waals surface area contributed by atoms with Crippen molar-refractivity contribution in [2.75, 3.05) is 32.8 Å². The number of halogens is 1. The molecular weight excluding hydrogens is 383 g/mol. The average Bonchev–Trinajstić information content (AvgIpc) is 3.19. The quantitative estimate of drug-likeness (QED) is 0.276. The minimum atomic E-state index is -0.405. The van der Waals surface area contributed by atoms with Crippen LogP contribution in [0.4, 0.5) is 4.39 Å². The summed E-state index contributed by atoms with van der Waals surface area (Å²) >= 11 is 0. The van der Waals surface area contributed by atoms with E-state index >= 15 is 0 Å². The van der Waals surface area contributed by atoms with E-state index in [2.05, 4.69) is 10.6 Å². The first-order valence-corrected chi connectivity index (χ1v) is 11.1. The third kappa shape index (κ3) is 7.94. The molecule has 0 aliphatic heterocycles. The van der Waals surface area contributed by atoms with E-state index in [0.29, 0.717) is 18.9 Å². The number of rotatable bonds is 12. The fourth-order valence-electron chi connectivity index (χ4n) is 4.03. The van der Waals surface area contributed by atoms with Crippen molar-refractivity contribution in [2.24, 2.45) is 22.1 Å². The number of amides is 1. The highest BCUT2D eigenvalue weighted by Gasteiger charge is 2.33. The molecule has 6 nitrogen and oxygen atoms in total. The van der Waals surface area contributed by atoms with E-state index in [-0.39, 0.29) is 17.1 Å². The molecule has 1 aliphatic rings. The molecule has 0 spiro atoms. The number of primary amides is 1. The van der Waals surface area contributed by atoms with Crippen LogP contribution >= 0.6 is 0 Å². The number of aliphatic imine (C=N–C) groups is 1. The van der Waals surface area contributed by atoms with Crippen LogP contribution in [0.5, 0.6) is 0 Å². The molecule has 0 heterocycles. The molecule has 0 aromatic heterocycles. The van der Waals surface area contributed by atoms with Gasteiger partial charge in [-0.25, -0.2) is 4.39 Å². The molecular formula is C23H37FN4O2. The number of nitrogens with zero attached hydrogens (tertiary/aromatic N) is 1. The highest BCUT2D eigenvalue weighted by atomic mass is 19.1. The number of carbonyl (C=O) groups is 1. The molecule has 0 radical (unpaired) electrons. The Morgan fingerprint density at radius 1 is 1.23 bits per heavy atom. The Morgan fingerprint density at radius 2 is 1.93 bits per heavy atom. The molecule has 1 aromatic rings. The first-order valence-electron chi connectivity index (χ1n) is 11.1. The number of ether oxygens (including phenoxy) is 1. The molecule has 2 rings (SSSR count). The number of carbonyl (C=O) groups excluding carboxylic acids is 1. The molecule has 1 aromatic carbocycles. The lowest BCUT2D eigenvalue weighted by molar-refractivity contribution is -0.121. The number of hydrogen-bond donors (Lipinski definition) is 3. The van der Waals surface area contributed by atoms with E-state index in [1.807, 2.05) is 13.8 Å². The van der Waals surface area contributed by atoms with Crippen LogP contribution in [0.1, 0.15) is 51.5 Å². The maximum absolute atomic E-state index is 13.1. The largest absolute Gasteiger partial charge is 0.382 e. The number of nitrogens with one attached hydrogen (secondary N) is 2. The Bertz CT molecular complexity index is 672. The summed E-state index contributed by atoms with van der Waals surface area (Å²) < 4.78 is 18.7. The minimum Gasteiger partial charge on any atom is -0.382 e. The first-order chi connectivity index (χ1) is 14.5. The summed E-state index contributed by atoms with van der Waals surface area (Å²) in [6, 6.07) is 6.17. The molecule has 1 unspecified atom stereocenters. The summed E-state index contributed by atoms with van der Waals surface area (Å²) in [5.41, 5.74) is 6.69. The Labute approximate surface area is 179 Å². The summed E-state index contributed by atoms with van der Waals surface area (Å²) in [5, 5.41) is 6.54. The van der Waals surface area contributed by atoms with Crippen molar-refractivity contribution < 1.29 is 13.9 Å². The smallest absolute Gasteiger partial charge is 0.222 e. The number of nitrogens with two attached hydrogens (primary N) is 1. The fourth-order valence-corrected chi connectivity index (χ4v) is 4.03. The predicted octanol–water partition coefficient (Wildman–Crippen LogP) is 3.01. The Balaban J connectivity index is 1.97. The van der Waals surface area contributed by atoms with Gasteiger partial charge in [-0.1, -0.05) is 25.0 Å². The van der Waals surface area contributed by atoms with Crippen molar-refractivity contribution in [3.8, 4) is 0 Å². The SMILES string of the molecule is CCNC(=NCC1(CCOCC)CCCC1)NCC(Cc1ccc(F)cc1)C(N)=O. The van der Waals surface area contributed by atoms with Gasteiger partial charge in [0.15, 0.2) is 5.96 Å². The van der Waals surface area contributed by atoms with E-state index < -0.39 is 5.92 Å². The summed E-state index contributed by atoms with van der Waals surface area (Å²) in [5.74, 6) is -0.380. The molecule has 7 heteroatoms. The van der Waals surface area contributed by atoms with Crippen LogP contribution in [0.25, 0.3) is 0 Å². The van der Waals surface area contributed by atoms with Crippen molar-refractivity contribution in [2.45, 2.75) is 52.4 Å². The lowest BCUT2D eigenvalue weighted by atomic mass is 9.83. The Kier molecular flexibility index (Phi) is 10.1. The predicted molar refractivity (Wildman–Crippen MR) is 119 cm³/mol. The molecule has 168 valence electrons. The van der Waals surface area contributed by atoms with Crippen LogP contribution in [0, 0.1) is 17.2 Å². The van der Waals surface area contributed by atoms with Crippen molar-refractivity contribution in [3.63, 3.8) is 0 Å². The van der Waals surface area contributed by atoms with Gasteiger partial charge in [-0.2, -0.15) is 0 Å². The zero-order valence-electron chi connectivity index (χ0n) is 18.4. The zero-order valence-corrected chi connectivity index (χ0v) is 18.4. The normalized spacial score (nSPS) is 17.0. The van der Waals surface area contributed by atoms with E-state index in [0.717, 1.165) is 38.3 Å². The van der Waals surface area contributed by atoms with Gasteiger partial charge in [0.1, 0.15) is 5.82 Å². The Morgan fingerprint density at radius 3 is 2.53 bits per heavy atom. The summed E-state index contributed by atoms with van der Waals surface area (Å²) in [6.07, 6.45) is 6.33. The van der Waals surface area contributed by atoms with Crippen molar-refractivity contribution in [3.05, 3.63) is 35.6 Å². The van der Waals surface area contributed by atoms with E-state index in [1.165, 1.54) is 37.8 Å². The van der Waals surface area contributed by atoms with Crippen LogP contribution in [0.3, 0.4) is 0 Å². The lowest BCUT2D eigenvalue weighted by Gasteiger charge is -2.27. The van der Waals surface area contributed by atoms with Crippen molar-refractivity contribution >= 4 is 11.9 Å². The van der Waals surface area contributed by atoms with Crippen LogP contribution < -0.4 is 16.4 Å². The van der Waals surface area contributed by atoms with Crippen LogP contribution in [0.15, 0.2) is 29.3 Å². The molecule has 0 saturated heterocycles. The van der Waals surface area contributed by atoms with Crippen molar-refractivity contribution in [1.82, 2.24) is 10.6 Å². The van der Waals surface area contributed by atoms with Gasteiger partial charge in [0, 0.05) is 32.8 Å². The molecule has 1 amide bonds. The fraction of sp³-hybridized carbons (Fsp3) is 0.652. The van der Waals surface area contributed by atoms with Gasteiger partial charge in [0.25, 0.3) is 0 Å². The standard InChI is InChI=1S/C23H37FN4O2/c1-3-26-22(28-17-23(11-5-6-12-23)13-14-30-4-2)27-16-19(21(25)29)15-18-7-9-20(24)10-8-18/h7-10,19H,3-6,11-17H2,1-2H3,(H2,25,29)(H2,26,27,28). The summed E-state index contributed by atoms with van der Waals surface area (Å²) in [6.45, 7) is 7.41. The van der Waals surface area contributed by atoms with Crippen LogP contribution in [-0.2, 0) is 16.0 Å². The van der Waals surface area contributed by atoms with Gasteiger partial charge >= 0.3 is 0 Å². The summed E-state index contributed by atoms with van der Waals surface area (Å²) in [7, 11) is 0. The second-order valence-electron chi connectivity index (χ2n) is 8.16. The molecule has 1 atom stereocenters. The van der Waals surface area contributed by atoms with E-state index in [9.17, 15) is 9.18 Å². The van der Waals surface area contributed by atoms with E-state index in [1.54, 1.807) is 12.1 Å². The van der Waals surface area contributed by atoms with Gasteiger partial charge in [-0.05, 0) is 62.6 Å². The lowest BCUT2D eigenvalue weighted by Crippen LogP contribution is -2.43. The third-order valence-corrected chi connectivity index (χ3v) is 5.88. The maximum atomic E-state index is 13.1.